The van der Waals surface area contributed by atoms with Crippen LogP contribution < -0.4 is 5.32 Å². The molecule has 0 spiro atoms. The summed E-state index contributed by atoms with van der Waals surface area (Å²) in [5.41, 5.74) is 1.34. The van der Waals surface area contributed by atoms with Gasteiger partial charge in [0.25, 0.3) is 6.01 Å². The van der Waals surface area contributed by atoms with E-state index in [0.717, 1.165) is 0 Å². The van der Waals surface area contributed by atoms with Crippen molar-refractivity contribution < 1.29 is 4.42 Å². The normalized spacial score (nSPS) is 8.50. The van der Waals surface area contributed by atoms with Gasteiger partial charge in [-0.25, -0.2) is 4.98 Å². The topological polar surface area (TPSA) is 38.1 Å². The first-order valence-corrected chi connectivity index (χ1v) is 2.50. The van der Waals surface area contributed by atoms with Crippen LogP contribution in [-0.2, 0) is 0 Å². The zero-order valence-corrected chi connectivity index (χ0v) is 4.81. The van der Waals surface area contributed by atoms with Gasteiger partial charge in [-0.05, 0) is 0 Å². The fraction of sp³-hybridized carbons (Fsp3) is 0. The molecule has 8 heavy (non-hydrogen) atoms. The Morgan fingerprint density at radius 3 is 3.25 bits per heavy atom. The quantitative estimate of drug-likeness (QED) is 0.604. The van der Waals surface area contributed by atoms with Crippen molar-refractivity contribution in [3.8, 4) is 0 Å². The summed E-state index contributed by atoms with van der Waals surface area (Å²) in [6, 6.07) is 0.431. The maximum absolute atomic E-state index is 4.75. The van der Waals surface area contributed by atoms with Crippen molar-refractivity contribution in [2.24, 2.45) is 0 Å². The molecular formula is C4H4N2OS. The molecule has 1 aromatic rings. The molecule has 0 unspecified atom stereocenters. The molecule has 0 amide bonds. The van der Waals surface area contributed by atoms with Crippen LogP contribution in [0, 0.1) is 0 Å². The standard InChI is InChI=1S/C4H4N2OS/c8-3-6-4-5-1-2-7-4/h1-3H,(H,5,6,8). The highest BCUT2D eigenvalue weighted by Crippen LogP contribution is 1.97. The van der Waals surface area contributed by atoms with E-state index in [4.69, 9.17) is 4.42 Å². The largest absolute Gasteiger partial charge is 0.432 e. The van der Waals surface area contributed by atoms with Crippen molar-refractivity contribution in [3.05, 3.63) is 12.5 Å². The molecule has 0 bridgehead atoms. The molecule has 1 heterocycles. The van der Waals surface area contributed by atoms with Crippen LogP contribution >= 0.6 is 12.2 Å². The van der Waals surface area contributed by atoms with E-state index in [1.807, 2.05) is 0 Å². The van der Waals surface area contributed by atoms with E-state index in [-0.39, 0.29) is 0 Å². The van der Waals surface area contributed by atoms with Gasteiger partial charge in [0, 0.05) is 0 Å². The second-order valence-electron chi connectivity index (χ2n) is 1.10. The van der Waals surface area contributed by atoms with E-state index >= 15 is 0 Å². The van der Waals surface area contributed by atoms with Gasteiger partial charge >= 0.3 is 0 Å². The van der Waals surface area contributed by atoms with Gasteiger partial charge in [0.1, 0.15) is 6.26 Å². The highest BCUT2D eigenvalue weighted by atomic mass is 32.1. The number of oxazole rings is 1. The number of hydrogen-bond donors (Lipinski definition) is 1. The van der Waals surface area contributed by atoms with E-state index in [9.17, 15) is 0 Å². The zero-order chi connectivity index (χ0) is 5.82. The van der Waals surface area contributed by atoms with Gasteiger partial charge in [0.05, 0.1) is 11.7 Å². The first kappa shape index (κ1) is 5.24. The Kier molecular flexibility index (Phi) is 1.58. The minimum atomic E-state index is 0.431. The minimum Gasteiger partial charge on any atom is -0.432 e. The van der Waals surface area contributed by atoms with E-state index in [2.05, 4.69) is 22.5 Å². The number of anilines is 1. The fourth-order valence-corrected chi connectivity index (χ4v) is 0.446. The molecule has 0 aliphatic heterocycles. The molecule has 1 aromatic heterocycles. The lowest BCUT2D eigenvalue weighted by atomic mass is 11.0. The summed E-state index contributed by atoms with van der Waals surface area (Å²) in [5.74, 6) is 0. The molecule has 0 saturated heterocycles. The predicted octanol–water partition coefficient (Wildman–Crippen LogP) is 1.04. The predicted molar refractivity (Wildman–Crippen MR) is 33.8 cm³/mol. The summed E-state index contributed by atoms with van der Waals surface area (Å²) in [4.78, 5) is 3.73. The molecule has 42 valence electrons. The molecular weight excluding hydrogens is 124 g/mol. The molecule has 4 heteroatoms. The van der Waals surface area contributed by atoms with Crippen molar-refractivity contribution in [3.63, 3.8) is 0 Å². The number of hydrogen-bond acceptors (Lipinski definition) is 3. The Bertz CT molecular complexity index is 161. The summed E-state index contributed by atoms with van der Waals surface area (Å²) < 4.78 is 4.75. The second kappa shape index (κ2) is 2.42. The van der Waals surface area contributed by atoms with Gasteiger partial charge in [-0.1, -0.05) is 12.2 Å². The third-order valence-electron chi connectivity index (χ3n) is 0.615. The molecule has 0 atom stereocenters. The van der Waals surface area contributed by atoms with E-state index in [1.165, 1.54) is 11.8 Å². The van der Waals surface area contributed by atoms with Crippen LogP contribution in [0.2, 0.25) is 0 Å². The summed E-state index contributed by atoms with van der Waals surface area (Å²) in [6.07, 6.45) is 3.02. The van der Waals surface area contributed by atoms with Crippen molar-refractivity contribution in [2.75, 3.05) is 5.32 Å². The lowest BCUT2D eigenvalue weighted by Crippen LogP contribution is -1.89. The van der Waals surface area contributed by atoms with Gasteiger partial charge in [-0.2, -0.15) is 0 Å². The fourth-order valence-electron chi connectivity index (χ4n) is 0.345. The highest BCUT2D eigenvalue weighted by Gasteiger charge is 1.87. The van der Waals surface area contributed by atoms with Crippen LogP contribution in [0.4, 0.5) is 6.01 Å². The SMILES string of the molecule is S=CNc1ncco1. The van der Waals surface area contributed by atoms with Crippen molar-refractivity contribution in [2.45, 2.75) is 0 Å². The summed E-state index contributed by atoms with van der Waals surface area (Å²) in [6.45, 7) is 0. The smallest absolute Gasteiger partial charge is 0.299 e. The zero-order valence-electron chi connectivity index (χ0n) is 4.00. The van der Waals surface area contributed by atoms with Gasteiger partial charge in [-0.15, -0.1) is 0 Å². The number of nitrogens with one attached hydrogen (secondary N) is 1. The molecule has 0 saturated carbocycles. The Balaban J connectivity index is 2.62. The van der Waals surface area contributed by atoms with Gasteiger partial charge < -0.3 is 9.73 Å². The van der Waals surface area contributed by atoms with Gasteiger partial charge in [-0.3, -0.25) is 0 Å². The molecule has 0 aliphatic rings. The van der Waals surface area contributed by atoms with Gasteiger partial charge in [0.15, 0.2) is 0 Å². The number of nitrogens with zero attached hydrogens (tertiary/aromatic N) is 1. The highest BCUT2D eigenvalue weighted by molar-refractivity contribution is 7.79. The summed E-state index contributed by atoms with van der Waals surface area (Å²) >= 11 is 4.46. The monoisotopic (exact) mass is 128 g/mol. The second-order valence-corrected chi connectivity index (χ2v) is 1.34. The first-order chi connectivity index (χ1) is 3.93. The minimum absolute atomic E-state index is 0.431. The van der Waals surface area contributed by atoms with E-state index in [1.54, 1.807) is 6.20 Å². The van der Waals surface area contributed by atoms with Crippen molar-refractivity contribution in [1.82, 2.24) is 4.98 Å². The van der Waals surface area contributed by atoms with Crippen LogP contribution in [0.3, 0.4) is 0 Å². The van der Waals surface area contributed by atoms with Crippen LogP contribution in [0.25, 0.3) is 0 Å². The number of aromatic nitrogens is 1. The molecule has 0 aromatic carbocycles. The molecule has 1 N–H and O–H groups in total. The van der Waals surface area contributed by atoms with Crippen LogP contribution in [-0.4, -0.2) is 10.5 Å². The van der Waals surface area contributed by atoms with Gasteiger partial charge in [0.2, 0.25) is 0 Å². The van der Waals surface area contributed by atoms with E-state index in [0.29, 0.717) is 6.01 Å². The molecule has 0 aliphatic carbocycles. The Labute approximate surface area is 51.7 Å². The molecule has 0 fully saturated rings. The van der Waals surface area contributed by atoms with Crippen molar-refractivity contribution in [1.29, 1.82) is 0 Å². The van der Waals surface area contributed by atoms with Crippen LogP contribution in [0.15, 0.2) is 16.9 Å². The third-order valence-corrected chi connectivity index (χ3v) is 0.733. The third kappa shape index (κ3) is 1.04. The number of thiocarbonyl (C=S) groups is 1. The lowest BCUT2D eigenvalue weighted by molar-refractivity contribution is 0.579. The maximum atomic E-state index is 4.75. The van der Waals surface area contributed by atoms with Crippen LogP contribution in [0.1, 0.15) is 0 Å². The number of rotatable bonds is 2. The molecule has 1 rings (SSSR count). The first-order valence-electron chi connectivity index (χ1n) is 2.03. The molecule has 0 radical (unpaired) electrons. The summed E-state index contributed by atoms with van der Waals surface area (Å²) in [5, 5.41) is 2.60. The molecule has 3 nitrogen and oxygen atoms in total. The Morgan fingerprint density at radius 2 is 2.75 bits per heavy atom. The van der Waals surface area contributed by atoms with E-state index < -0.39 is 0 Å². The average molecular weight is 128 g/mol. The lowest BCUT2D eigenvalue weighted by Gasteiger charge is -1.84. The van der Waals surface area contributed by atoms with Crippen LogP contribution in [0.5, 0.6) is 0 Å². The maximum Gasteiger partial charge on any atom is 0.299 e. The Morgan fingerprint density at radius 1 is 1.88 bits per heavy atom. The summed E-state index contributed by atoms with van der Waals surface area (Å²) in [7, 11) is 0. The average Bonchev–Trinajstić information content (AvgIpc) is 2.19. The Hall–Kier alpha value is -0.900. The van der Waals surface area contributed by atoms with Crippen molar-refractivity contribution >= 4 is 23.7 Å².